The van der Waals surface area contributed by atoms with Gasteiger partial charge < -0.3 is 11.1 Å². The van der Waals surface area contributed by atoms with E-state index in [2.05, 4.69) is 12.2 Å². The van der Waals surface area contributed by atoms with Crippen molar-refractivity contribution in [3.63, 3.8) is 0 Å². The average molecular weight is 157 g/mol. The highest BCUT2D eigenvalue weighted by atomic mass is 16.2. The van der Waals surface area contributed by atoms with Crippen LogP contribution in [0.15, 0.2) is 0 Å². The van der Waals surface area contributed by atoms with Gasteiger partial charge in [0.05, 0.1) is 0 Å². The third-order valence-corrected chi connectivity index (χ3v) is 2.28. The summed E-state index contributed by atoms with van der Waals surface area (Å²) in [5, 5.41) is 2.80. The lowest BCUT2D eigenvalue weighted by atomic mass is 10.1. The van der Waals surface area contributed by atoms with Crippen molar-refractivity contribution in [1.82, 2.24) is 10.2 Å². The van der Waals surface area contributed by atoms with Gasteiger partial charge in [-0.3, -0.25) is 9.69 Å². The van der Waals surface area contributed by atoms with E-state index >= 15 is 0 Å². The normalized spacial score (nSPS) is 33.5. The Labute approximate surface area is 66.7 Å². The minimum Gasteiger partial charge on any atom is -0.353 e. The molecule has 0 aromatic heterocycles. The monoisotopic (exact) mass is 157 g/mol. The average Bonchev–Trinajstić information content (AvgIpc) is 1.99. The van der Waals surface area contributed by atoms with Gasteiger partial charge in [0.1, 0.15) is 6.04 Å². The summed E-state index contributed by atoms with van der Waals surface area (Å²) < 4.78 is 0. The molecule has 1 saturated heterocycles. The van der Waals surface area contributed by atoms with Gasteiger partial charge in [0.25, 0.3) is 0 Å². The summed E-state index contributed by atoms with van der Waals surface area (Å²) in [5.41, 5.74) is 5.44. The van der Waals surface area contributed by atoms with Crippen LogP contribution in [0, 0.1) is 0 Å². The first-order valence-electron chi connectivity index (χ1n) is 3.86. The lowest BCUT2D eigenvalue weighted by Gasteiger charge is -2.36. The number of hydrogen-bond donors (Lipinski definition) is 2. The van der Waals surface area contributed by atoms with Crippen LogP contribution in [0.4, 0.5) is 0 Å². The summed E-state index contributed by atoms with van der Waals surface area (Å²) in [5.74, 6) is 0.0492. The first-order valence-corrected chi connectivity index (χ1v) is 3.86. The van der Waals surface area contributed by atoms with Gasteiger partial charge in [-0.05, 0) is 14.0 Å². The predicted octanol–water partition coefficient (Wildman–Crippen LogP) is -1.24. The Morgan fingerprint density at radius 2 is 2.45 bits per heavy atom. The number of carbonyl (C=O) groups is 1. The fourth-order valence-corrected chi connectivity index (χ4v) is 1.28. The lowest BCUT2D eigenvalue weighted by Crippen LogP contribution is -2.60. The first kappa shape index (κ1) is 8.49. The van der Waals surface area contributed by atoms with E-state index in [1.54, 1.807) is 0 Å². The van der Waals surface area contributed by atoms with Crippen molar-refractivity contribution in [1.29, 1.82) is 0 Å². The standard InChI is InChI=1S/C7H15N3O/c1-5-4-9-7(11)6(3-8)10(5)2/h5-6H,3-4,8H2,1-2H3,(H,9,11). The van der Waals surface area contributed by atoms with E-state index in [4.69, 9.17) is 5.73 Å². The molecule has 1 heterocycles. The molecule has 4 heteroatoms. The molecule has 0 aromatic rings. The summed E-state index contributed by atoms with van der Waals surface area (Å²) in [6, 6.07) is 0.250. The Hall–Kier alpha value is -0.610. The van der Waals surface area contributed by atoms with Gasteiger partial charge in [-0.15, -0.1) is 0 Å². The molecule has 11 heavy (non-hydrogen) atoms. The molecule has 1 amide bonds. The quantitative estimate of drug-likeness (QED) is 0.501. The van der Waals surface area contributed by atoms with Gasteiger partial charge in [0.2, 0.25) is 5.91 Å². The van der Waals surface area contributed by atoms with Crippen LogP contribution in [0.1, 0.15) is 6.92 Å². The maximum Gasteiger partial charge on any atom is 0.238 e. The van der Waals surface area contributed by atoms with Gasteiger partial charge in [0.15, 0.2) is 0 Å². The molecule has 4 nitrogen and oxygen atoms in total. The number of piperazine rings is 1. The molecule has 0 aliphatic carbocycles. The smallest absolute Gasteiger partial charge is 0.238 e. The number of hydrogen-bond acceptors (Lipinski definition) is 3. The molecule has 0 spiro atoms. The summed E-state index contributed by atoms with van der Waals surface area (Å²) in [6.07, 6.45) is 0. The van der Waals surface area contributed by atoms with Crippen LogP contribution in [0.3, 0.4) is 0 Å². The SMILES string of the molecule is CC1CNC(=O)C(CN)N1C. The Morgan fingerprint density at radius 1 is 1.82 bits per heavy atom. The van der Waals surface area contributed by atoms with Gasteiger partial charge >= 0.3 is 0 Å². The number of nitrogens with one attached hydrogen (secondary N) is 1. The Bertz CT molecular complexity index is 160. The lowest BCUT2D eigenvalue weighted by molar-refractivity contribution is -0.129. The molecule has 2 unspecified atom stereocenters. The molecule has 2 atom stereocenters. The van der Waals surface area contributed by atoms with E-state index in [0.717, 1.165) is 6.54 Å². The van der Waals surface area contributed by atoms with Gasteiger partial charge in [-0.1, -0.05) is 0 Å². The summed E-state index contributed by atoms with van der Waals surface area (Å²) >= 11 is 0. The van der Waals surface area contributed by atoms with Crippen LogP contribution in [-0.2, 0) is 4.79 Å². The second-order valence-corrected chi connectivity index (χ2v) is 3.01. The molecule has 1 aliphatic rings. The molecule has 0 radical (unpaired) electrons. The van der Waals surface area contributed by atoms with Gasteiger partial charge in [-0.2, -0.15) is 0 Å². The van der Waals surface area contributed by atoms with Crippen molar-refractivity contribution in [2.24, 2.45) is 5.73 Å². The van der Waals surface area contributed by atoms with Gasteiger partial charge in [0, 0.05) is 19.1 Å². The van der Waals surface area contributed by atoms with Crippen molar-refractivity contribution in [2.45, 2.75) is 19.0 Å². The maximum absolute atomic E-state index is 11.1. The fourth-order valence-electron chi connectivity index (χ4n) is 1.28. The predicted molar refractivity (Wildman–Crippen MR) is 43.1 cm³/mol. The molecule has 0 aromatic carbocycles. The molecular weight excluding hydrogens is 142 g/mol. The van der Waals surface area contributed by atoms with Crippen molar-refractivity contribution in [3.8, 4) is 0 Å². The van der Waals surface area contributed by atoms with E-state index in [9.17, 15) is 4.79 Å². The third-order valence-electron chi connectivity index (χ3n) is 2.28. The summed E-state index contributed by atoms with van der Waals surface area (Å²) in [7, 11) is 1.93. The molecule has 0 saturated carbocycles. The minimum atomic E-state index is -0.140. The minimum absolute atomic E-state index is 0.0492. The van der Waals surface area contributed by atoms with Crippen molar-refractivity contribution >= 4 is 5.91 Å². The molecular formula is C7H15N3O. The Kier molecular flexibility index (Phi) is 2.46. The number of nitrogens with two attached hydrogens (primary N) is 1. The van der Waals surface area contributed by atoms with Gasteiger partial charge in [-0.25, -0.2) is 0 Å². The van der Waals surface area contributed by atoms with E-state index in [-0.39, 0.29) is 11.9 Å². The number of nitrogens with zero attached hydrogens (tertiary/aromatic N) is 1. The van der Waals surface area contributed by atoms with Crippen molar-refractivity contribution in [2.75, 3.05) is 20.1 Å². The highest BCUT2D eigenvalue weighted by Crippen LogP contribution is 2.05. The molecule has 3 N–H and O–H groups in total. The highest BCUT2D eigenvalue weighted by Gasteiger charge is 2.29. The third kappa shape index (κ3) is 1.52. The molecule has 1 rings (SSSR count). The van der Waals surface area contributed by atoms with Crippen molar-refractivity contribution in [3.05, 3.63) is 0 Å². The Balaban J connectivity index is 2.63. The molecule has 1 aliphatic heterocycles. The van der Waals surface area contributed by atoms with Crippen LogP contribution in [-0.4, -0.2) is 43.0 Å². The van der Waals surface area contributed by atoms with E-state index in [1.165, 1.54) is 0 Å². The summed E-state index contributed by atoms with van der Waals surface area (Å²) in [4.78, 5) is 13.2. The number of amides is 1. The number of rotatable bonds is 1. The van der Waals surface area contributed by atoms with E-state index < -0.39 is 0 Å². The fraction of sp³-hybridized carbons (Fsp3) is 0.857. The largest absolute Gasteiger partial charge is 0.353 e. The van der Waals surface area contributed by atoms with E-state index in [0.29, 0.717) is 12.6 Å². The number of carbonyl (C=O) groups excluding carboxylic acids is 1. The second-order valence-electron chi connectivity index (χ2n) is 3.01. The van der Waals surface area contributed by atoms with Crippen LogP contribution < -0.4 is 11.1 Å². The zero-order chi connectivity index (χ0) is 8.43. The zero-order valence-corrected chi connectivity index (χ0v) is 7.00. The Morgan fingerprint density at radius 3 is 2.91 bits per heavy atom. The van der Waals surface area contributed by atoms with Crippen LogP contribution >= 0.6 is 0 Å². The maximum atomic E-state index is 11.1. The van der Waals surface area contributed by atoms with Crippen LogP contribution in [0.2, 0.25) is 0 Å². The van der Waals surface area contributed by atoms with E-state index in [1.807, 2.05) is 11.9 Å². The van der Waals surface area contributed by atoms with Crippen LogP contribution in [0.25, 0.3) is 0 Å². The molecule has 0 bridgehead atoms. The first-order chi connectivity index (χ1) is 5.16. The zero-order valence-electron chi connectivity index (χ0n) is 7.00. The van der Waals surface area contributed by atoms with Crippen LogP contribution in [0.5, 0.6) is 0 Å². The molecule has 64 valence electrons. The second kappa shape index (κ2) is 3.19. The number of likely N-dealkylation sites (N-methyl/N-ethyl adjacent to an activating group) is 1. The van der Waals surface area contributed by atoms with Crippen molar-refractivity contribution < 1.29 is 4.79 Å². The topological polar surface area (TPSA) is 58.4 Å². The highest BCUT2D eigenvalue weighted by molar-refractivity contribution is 5.82. The molecule has 1 fully saturated rings. The summed E-state index contributed by atoms with van der Waals surface area (Å²) in [6.45, 7) is 3.20.